The van der Waals surface area contributed by atoms with Crippen molar-refractivity contribution in [1.29, 1.82) is 0 Å². The van der Waals surface area contributed by atoms with Crippen LogP contribution in [0.4, 0.5) is 0 Å². The predicted octanol–water partition coefficient (Wildman–Crippen LogP) is 3.05. The van der Waals surface area contributed by atoms with Crippen molar-refractivity contribution in [2.45, 2.75) is 19.3 Å². The maximum absolute atomic E-state index is 10.5. The summed E-state index contributed by atoms with van der Waals surface area (Å²) in [6, 6.07) is 3.65. The van der Waals surface area contributed by atoms with E-state index in [1.807, 2.05) is 13.0 Å². The zero-order valence-electron chi connectivity index (χ0n) is 9.62. The van der Waals surface area contributed by atoms with Crippen molar-refractivity contribution < 1.29 is 14.3 Å². The second-order valence-electron chi connectivity index (χ2n) is 3.51. The van der Waals surface area contributed by atoms with Crippen LogP contribution in [0.2, 0.25) is 5.02 Å². The predicted molar refractivity (Wildman–Crippen MR) is 63.7 cm³/mol. The van der Waals surface area contributed by atoms with E-state index in [-0.39, 0.29) is 5.92 Å². The molecule has 4 heteroatoms. The fourth-order valence-corrected chi connectivity index (χ4v) is 1.98. The van der Waals surface area contributed by atoms with Crippen molar-refractivity contribution in [3.8, 4) is 11.5 Å². The quantitative estimate of drug-likeness (QED) is 0.745. The Morgan fingerprint density at radius 3 is 2.56 bits per heavy atom. The first-order valence-corrected chi connectivity index (χ1v) is 5.37. The standard InChI is InChI=1S/C12H15ClO3/c1-8(6-7-14)9-4-5-10(15-2)12(16-3)11(9)13/h4-5,7-8H,6H2,1-3H3. The van der Waals surface area contributed by atoms with E-state index >= 15 is 0 Å². The van der Waals surface area contributed by atoms with Crippen LogP contribution < -0.4 is 9.47 Å². The van der Waals surface area contributed by atoms with Crippen molar-refractivity contribution in [2.24, 2.45) is 0 Å². The van der Waals surface area contributed by atoms with Crippen LogP contribution in [0.1, 0.15) is 24.8 Å². The van der Waals surface area contributed by atoms with Crippen molar-refractivity contribution >= 4 is 17.9 Å². The number of benzene rings is 1. The van der Waals surface area contributed by atoms with Gasteiger partial charge in [-0.15, -0.1) is 0 Å². The van der Waals surface area contributed by atoms with Crippen LogP contribution in [0, 0.1) is 0 Å². The molecule has 1 aromatic rings. The van der Waals surface area contributed by atoms with Crippen molar-refractivity contribution in [3.63, 3.8) is 0 Å². The Balaban J connectivity index is 3.17. The molecular weight excluding hydrogens is 228 g/mol. The SMILES string of the molecule is COc1ccc(C(C)CC=O)c(Cl)c1OC. The topological polar surface area (TPSA) is 35.5 Å². The molecule has 0 radical (unpaired) electrons. The molecule has 0 fully saturated rings. The van der Waals surface area contributed by atoms with Crippen molar-refractivity contribution in [3.05, 3.63) is 22.7 Å². The molecule has 0 bridgehead atoms. The van der Waals surface area contributed by atoms with Gasteiger partial charge in [0.15, 0.2) is 11.5 Å². The van der Waals surface area contributed by atoms with Gasteiger partial charge >= 0.3 is 0 Å². The Morgan fingerprint density at radius 2 is 2.06 bits per heavy atom. The Morgan fingerprint density at radius 1 is 1.38 bits per heavy atom. The highest BCUT2D eigenvalue weighted by Gasteiger charge is 2.16. The normalized spacial score (nSPS) is 12.0. The van der Waals surface area contributed by atoms with Gasteiger partial charge in [-0.25, -0.2) is 0 Å². The van der Waals surface area contributed by atoms with Gasteiger partial charge in [0.05, 0.1) is 19.2 Å². The maximum atomic E-state index is 10.5. The third-order valence-electron chi connectivity index (χ3n) is 2.50. The van der Waals surface area contributed by atoms with E-state index in [2.05, 4.69) is 0 Å². The fraction of sp³-hybridized carbons (Fsp3) is 0.417. The molecular formula is C12H15ClO3. The highest BCUT2D eigenvalue weighted by atomic mass is 35.5. The first-order chi connectivity index (χ1) is 7.65. The molecule has 0 aliphatic heterocycles. The Hall–Kier alpha value is -1.22. The monoisotopic (exact) mass is 242 g/mol. The van der Waals surface area contributed by atoms with Crippen LogP contribution in [0.15, 0.2) is 12.1 Å². The first kappa shape index (κ1) is 12.8. The highest BCUT2D eigenvalue weighted by molar-refractivity contribution is 6.33. The van der Waals surface area contributed by atoms with Crippen LogP contribution in [0.25, 0.3) is 0 Å². The summed E-state index contributed by atoms with van der Waals surface area (Å²) in [4.78, 5) is 10.5. The molecule has 0 aliphatic carbocycles. The van der Waals surface area contributed by atoms with E-state index in [0.717, 1.165) is 11.8 Å². The molecule has 0 saturated heterocycles. The van der Waals surface area contributed by atoms with Crippen LogP contribution >= 0.6 is 11.6 Å². The molecule has 0 aliphatic rings. The smallest absolute Gasteiger partial charge is 0.179 e. The molecule has 0 amide bonds. The lowest BCUT2D eigenvalue weighted by molar-refractivity contribution is -0.108. The summed E-state index contributed by atoms with van der Waals surface area (Å²) < 4.78 is 10.3. The molecule has 1 rings (SSSR count). The number of methoxy groups -OCH3 is 2. The van der Waals surface area contributed by atoms with Crippen LogP contribution in [-0.2, 0) is 4.79 Å². The van der Waals surface area contributed by atoms with Crippen LogP contribution in [0.5, 0.6) is 11.5 Å². The second kappa shape index (κ2) is 5.75. The van der Waals surface area contributed by atoms with Gasteiger partial charge in [-0.05, 0) is 17.5 Å². The number of aldehydes is 1. The largest absolute Gasteiger partial charge is 0.493 e. The summed E-state index contributed by atoms with van der Waals surface area (Å²) in [5, 5.41) is 0.510. The summed E-state index contributed by atoms with van der Waals surface area (Å²) in [5.74, 6) is 1.18. The number of hydrogen-bond donors (Lipinski definition) is 0. The minimum absolute atomic E-state index is 0.0739. The number of carbonyl (C=O) groups is 1. The lowest BCUT2D eigenvalue weighted by Gasteiger charge is -2.15. The fourth-order valence-electron chi connectivity index (χ4n) is 1.56. The number of hydrogen-bond acceptors (Lipinski definition) is 3. The molecule has 0 N–H and O–H groups in total. The van der Waals surface area contributed by atoms with Gasteiger partial charge < -0.3 is 14.3 Å². The van der Waals surface area contributed by atoms with Gasteiger partial charge in [-0.2, -0.15) is 0 Å². The molecule has 0 aromatic heterocycles. The summed E-state index contributed by atoms with van der Waals surface area (Å²) in [7, 11) is 3.10. The lowest BCUT2D eigenvalue weighted by atomic mass is 9.98. The number of carbonyl (C=O) groups excluding carboxylic acids is 1. The summed E-state index contributed by atoms with van der Waals surface area (Å²) in [6.45, 7) is 1.95. The lowest BCUT2D eigenvalue weighted by Crippen LogP contribution is -1.99. The van der Waals surface area contributed by atoms with Crippen molar-refractivity contribution in [2.75, 3.05) is 14.2 Å². The first-order valence-electron chi connectivity index (χ1n) is 4.99. The molecule has 1 atom stereocenters. The summed E-state index contributed by atoms with van der Waals surface area (Å²) in [6.07, 6.45) is 1.33. The van der Waals surface area contributed by atoms with E-state index in [1.165, 1.54) is 7.11 Å². The summed E-state index contributed by atoms with van der Waals surface area (Å²) >= 11 is 6.20. The molecule has 0 spiro atoms. The van der Waals surface area contributed by atoms with E-state index in [0.29, 0.717) is 22.9 Å². The summed E-state index contributed by atoms with van der Waals surface area (Å²) in [5.41, 5.74) is 0.895. The molecule has 1 unspecified atom stereocenters. The Bertz CT molecular complexity index is 377. The zero-order chi connectivity index (χ0) is 12.1. The molecule has 0 heterocycles. The third-order valence-corrected chi connectivity index (χ3v) is 2.89. The van der Waals surface area contributed by atoms with Crippen LogP contribution in [0.3, 0.4) is 0 Å². The van der Waals surface area contributed by atoms with E-state index < -0.39 is 0 Å². The average molecular weight is 243 g/mol. The van der Waals surface area contributed by atoms with Gasteiger partial charge in [0, 0.05) is 6.42 Å². The molecule has 1 aromatic carbocycles. The van der Waals surface area contributed by atoms with E-state index in [4.69, 9.17) is 21.1 Å². The van der Waals surface area contributed by atoms with Gasteiger partial charge in [0.25, 0.3) is 0 Å². The zero-order valence-corrected chi connectivity index (χ0v) is 10.4. The number of ether oxygens (including phenoxy) is 2. The average Bonchev–Trinajstić information content (AvgIpc) is 2.28. The maximum Gasteiger partial charge on any atom is 0.179 e. The Labute approximate surface area is 100 Å². The van der Waals surface area contributed by atoms with Crippen molar-refractivity contribution in [1.82, 2.24) is 0 Å². The minimum atomic E-state index is 0.0739. The number of rotatable bonds is 5. The van der Waals surface area contributed by atoms with Gasteiger partial charge in [-0.3, -0.25) is 0 Å². The van der Waals surface area contributed by atoms with E-state index in [9.17, 15) is 4.79 Å². The molecule has 16 heavy (non-hydrogen) atoms. The highest BCUT2D eigenvalue weighted by Crippen LogP contribution is 2.40. The second-order valence-corrected chi connectivity index (χ2v) is 3.89. The van der Waals surface area contributed by atoms with Gasteiger partial charge in [0.1, 0.15) is 6.29 Å². The van der Waals surface area contributed by atoms with Gasteiger partial charge in [-0.1, -0.05) is 24.6 Å². The molecule has 88 valence electrons. The third kappa shape index (κ3) is 2.47. The number of halogens is 1. The van der Waals surface area contributed by atoms with E-state index in [1.54, 1.807) is 13.2 Å². The molecule has 0 saturated carbocycles. The Kier molecular flexibility index (Phi) is 4.62. The minimum Gasteiger partial charge on any atom is -0.493 e. The van der Waals surface area contributed by atoms with Crippen LogP contribution in [-0.4, -0.2) is 20.5 Å². The van der Waals surface area contributed by atoms with Gasteiger partial charge in [0.2, 0.25) is 0 Å². The molecule has 3 nitrogen and oxygen atoms in total.